The molecule has 1 aliphatic carbocycles. The van der Waals surface area contributed by atoms with E-state index in [0.717, 1.165) is 23.6 Å². The lowest BCUT2D eigenvalue weighted by Crippen LogP contribution is -2.05. The number of fused-ring (bicyclic) bond motifs is 1. The van der Waals surface area contributed by atoms with Crippen LogP contribution in [0, 0.1) is 5.92 Å². The van der Waals surface area contributed by atoms with E-state index in [1.54, 1.807) is 0 Å². The maximum atomic E-state index is 5.51. The van der Waals surface area contributed by atoms with Crippen molar-refractivity contribution >= 4 is 16.6 Å². The Morgan fingerprint density at radius 3 is 2.94 bits per heavy atom. The highest BCUT2D eigenvalue weighted by Gasteiger charge is 2.24. The molecule has 1 aliphatic rings. The molecule has 0 amide bonds. The van der Waals surface area contributed by atoms with Crippen molar-refractivity contribution in [3.63, 3.8) is 0 Å². The molecule has 1 saturated carbocycles. The summed E-state index contributed by atoms with van der Waals surface area (Å²) in [5, 5.41) is 5.21. The van der Waals surface area contributed by atoms with Gasteiger partial charge in [0.2, 0.25) is 0 Å². The quantitative estimate of drug-likeness (QED) is 0.489. The molecule has 1 fully saturated rings. The predicted octanol–water partition coefficient (Wildman–Crippen LogP) is 2.64. The highest BCUT2D eigenvalue weighted by Crippen LogP contribution is 2.34. The first-order valence-corrected chi connectivity index (χ1v) is 6.10. The summed E-state index contributed by atoms with van der Waals surface area (Å²) in [4.78, 5) is 0. The fourth-order valence-electron chi connectivity index (χ4n) is 2.30. The molecule has 0 aliphatic heterocycles. The Balaban J connectivity index is 1.98. The smallest absolute Gasteiger partial charge is 0.0675 e. The van der Waals surface area contributed by atoms with Crippen LogP contribution in [0.25, 0.3) is 10.9 Å². The predicted molar refractivity (Wildman–Crippen MR) is 71.0 cm³/mol. The molecule has 0 unspecified atom stereocenters. The van der Waals surface area contributed by atoms with Gasteiger partial charge in [0.15, 0.2) is 0 Å². The molecular weight excluding hydrogens is 210 g/mol. The molecule has 0 atom stereocenters. The van der Waals surface area contributed by atoms with E-state index >= 15 is 0 Å². The second-order valence-corrected chi connectivity index (χ2v) is 4.92. The Kier molecular flexibility index (Phi) is 2.39. The van der Waals surface area contributed by atoms with Crippen molar-refractivity contribution in [1.29, 1.82) is 0 Å². The fraction of sp³-hybridized carbons (Fsp3) is 0.357. The van der Waals surface area contributed by atoms with Gasteiger partial charge in [0.25, 0.3) is 0 Å². The molecule has 1 aromatic heterocycles. The number of nitrogens with zero attached hydrogens (tertiary/aromatic N) is 2. The zero-order chi connectivity index (χ0) is 11.8. The molecule has 1 heterocycles. The van der Waals surface area contributed by atoms with Crippen molar-refractivity contribution in [3.05, 3.63) is 36.0 Å². The monoisotopic (exact) mass is 227 g/mol. The van der Waals surface area contributed by atoms with Crippen molar-refractivity contribution in [2.75, 3.05) is 0 Å². The molecule has 0 bridgehead atoms. The van der Waals surface area contributed by atoms with Crippen LogP contribution in [0.5, 0.6) is 0 Å². The lowest BCUT2D eigenvalue weighted by atomic mass is 10.0. The van der Waals surface area contributed by atoms with Gasteiger partial charge in [-0.2, -0.15) is 5.10 Å². The molecule has 2 aromatic rings. The van der Waals surface area contributed by atoms with E-state index in [1.165, 1.54) is 23.7 Å². The van der Waals surface area contributed by atoms with E-state index in [4.69, 9.17) is 5.84 Å². The SMILES string of the molecule is Cn1ccc2cc(C(CC3CC3)=NN)ccc21. The Labute approximate surface area is 101 Å². The van der Waals surface area contributed by atoms with E-state index in [0.29, 0.717) is 0 Å². The number of aryl methyl sites for hydroxylation is 1. The minimum Gasteiger partial charge on any atom is -0.351 e. The van der Waals surface area contributed by atoms with Crippen LogP contribution in [0.1, 0.15) is 24.8 Å². The van der Waals surface area contributed by atoms with E-state index in [9.17, 15) is 0 Å². The largest absolute Gasteiger partial charge is 0.351 e. The molecule has 3 rings (SSSR count). The molecule has 0 radical (unpaired) electrons. The number of benzene rings is 1. The van der Waals surface area contributed by atoms with Gasteiger partial charge in [-0.05, 0) is 48.9 Å². The highest BCUT2D eigenvalue weighted by atomic mass is 15.1. The Hall–Kier alpha value is -1.77. The zero-order valence-electron chi connectivity index (χ0n) is 10.1. The summed E-state index contributed by atoms with van der Waals surface area (Å²) >= 11 is 0. The Morgan fingerprint density at radius 1 is 1.41 bits per heavy atom. The van der Waals surface area contributed by atoms with Crippen LogP contribution in [0.4, 0.5) is 0 Å². The Bertz CT molecular complexity index is 576. The van der Waals surface area contributed by atoms with Crippen LogP contribution in [-0.2, 0) is 7.05 Å². The minimum absolute atomic E-state index is 0.809. The van der Waals surface area contributed by atoms with E-state index in [1.807, 2.05) is 0 Å². The van der Waals surface area contributed by atoms with Crippen molar-refractivity contribution in [1.82, 2.24) is 4.57 Å². The second kappa shape index (κ2) is 3.91. The van der Waals surface area contributed by atoms with Gasteiger partial charge < -0.3 is 10.4 Å². The van der Waals surface area contributed by atoms with Crippen molar-refractivity contribution < 1.29 is 0 Å². The van der Waals surface area contributed by atoms with Crippen molar-refractivity contribution in [2.24, 2.45) is 23.9 Å². The van der Waals surface area contributed by atoms with E-state index < -0.39 is 0 Å². The summed E-state index contributed by atoms with van der Waals surface area (Å²) < 4.78 is 2.12. The normalized spacial score (nSPS) is 16.6. The van der Waals surface area contributed by atoms with Crippen LogP contribution in [0.15, 0.2) is 35.6 Å². The average molecular weight is 227 g/mol. The lowest BCUT2D eigenvalue weighted by Gasteiger charge is -2.05. The summed E-state index contributed by atoms with van der Waals surface area (Å²) in [5.74, 6) is 6.32. The van der Waals surface area contributed by atoms with Gasteiger partial charge in [0, 0.05) is 24.1 Å². The van der Waals surface area contributed by atoms with E-state index in [-0.39, 0.29) is 0 Å². The molecule has 1 aromatic carbocycles. The van der Waals surface area contributed by atoms with Gasteiger partial charge in [-0.25, -0.2) is 0 Å². The summed E-state index contributed by atoms with van der Waals surface area (Å²) in [5.41, 5.74) is 3.45. The summed E-state index contributed by atoms with van der Waals surface area (Å²) in [6, 6.07) is 8.58. The maximum absolute atomic E-state index is 5.51. The Morgan fingerprint density at radius 2 is 2.24 bits per heavy atom. The van der Waals surface area contributed by atoms with Crippen LogP contribution in [-0.4, -0.2) is 10.3 Å². The van der Waals surface area contributed by atoms with Gasteiger partial charge in [-0.15, -0.1) is 0 Å². The molecule has 0 saturated heterocycles. The average Bonchev–Trinajstić information content (AvgIpc) is 3.10. The second-order valence-electron chi connectivity index (χ2n) is 4.92. The third kappa shape index (κ3) is 1.93. The van der Waals surface area contributed by atoms with Gasteiger partial charge in [0.1, 0.15) is 0 Å². The van der Waals surface area contributed by atoms with Gasteiger partial charge >= 0.3 is 0 Å². The maximum Gasteiger partial charge on any atom is 0.0675 e. The lowest BCUT2D eigenvalue weighted by molar-refractivity contribution is 0.889. The molecule has 0 spiro atoms. The number of hydrogen-bond donors (Lipinski definition) is 1. The summed E-state index contributed by atoms with van der Waals surface area (Å²) in [6.45, 7) is 0. The number of rotatable bonds is 3. The number of hydrogen-bond acceptors (Lipinski definition) is 2. The van der Waals surface area contributed by atoms with Gasteiger partial charge in [0.05, 0.1) is 5.71 Å². The van der Waals surface area contributed by atoms with Gasteiger partial charge in [-0.3, -0.25) is 0 Å². The molecule has 88 valence electrons. The zero-order valence-corrected chi connectivity index (χ0v) is 10.1. The molecule has 2 N–H and O–H groups in total. The summed E-state index contributed by atoms with van der Waals surface area (Å²) in [7, 11) is 2.06. The standard InChI is InChI=1S/C14H17N3/c1-17-7-6-12-9-11(4-5-14(12)17)13(16-15)8-10-2-3-10/h4-7,9-10H,2-3,8,15H2,1H3. The van der Waals surface area contributed by atoms with Crippen molar-refractivity contribution in [3.8, 4) is 0 Å². The van der Waals surface area contributed by atoms with Crippen LogP contribution in [0.2, 0.25) is 0 Å². The number of nitrogens with two attached hydrogens (primary N) is 1. The van der Waals surface area contributed by atoms with Crippen LogP contribution >= 0.6 is 0 Å². The van der Waals surface area contributed by atoms with Crippen molar-refractivity contribution in [2.45, 2.75) is 19.3 Å². The molecule has 3 heteroatoms. The molecule has 17 heavy (non-hydrogen) atoms. The van der Waals surface area contributed by atoms with E-state index in [2.05, 4.69) is 47.2 Å². The number of hydrazone groups is 1. The first-order chi connectivity index (χ1) is 8.28. The third-order valence-corrected chi connectivity index (χ3v) is 3.55. The molecular formula is C14H17N3. The topological polar surface area (TPSA) is 43.3 Å². The van der Waals surface area contributed by atoms with Crippen LogP contribution < -0.4 is 5.84 Å². The van der Waals surface area contributed by atoms with Gasteiger partial charge in [-0.1, -0.05) is 6.07 Å². The van der Waals surface area contributed by atoms with Crippen LogP contribution in [0.3, 0.4) is 0 Å². The third-order valence-electron chi connectivity index (χ3n) is 3.55. The first kappa shape index (κ1) is 10.4. The molecule has 3 nitrogen and oxygen atoms in total. The minimum atomic E-state index is 0.809. The fourth-order valence-corrected chi connectivity index (χ4v) is 2.30. The highest BCUT2D eigenvalue weighted by molar-refractivity contribution is 6.03. The number of aromatic nitrogens is 1. The summed E-state index contributed by atoms with van der Waals surface area (Å²) in [6.07, 6.45) is 5.75. The first-order valence-electron chi connectivity index (χ1n) is 6.10.